The van der Waals surface area contributed by atoms with Crippen LogP contribution in [-0.2, 0) is 10.0 Å². The molecule has 29 heavy (non-hydrogen) atoms. The predicted octanol–water partition coefficient (Wildman–Crippen LogP) is 3.72. The Morgan fingerprint density at radius 1 is 1.14 bits per heavy atom. The number of H-pyrrole nitrogens is 1. The number of fused-ring (bicyclic) bond motifs is 1. The lowest BCUT2D eigenvalue weighted by molar-refractivity contribution is 0.0995. The maximum Gasteiger partial charge on any atom is 0.295 e. The normalized spacial score (nSPS) is 15.5. The Kier molecular flexibility index (Phi) is 4.89. The van der Waals surface area contributed by atoms with Crippen molar-refractivity contribution in [2.45, 2.75) is 17.7 Å². The van der Waals surface area contributed by atoms with E-state index >= 15 is 0 Å². The van der Waals surface area contributed by atoms with Crippen molar-refractivity contribution in [2.24, 2.45) is 10.2 Å². The monoisotopic (exact) mass is 416 g/mol. The van der Waals surface area contributed by atoms with Crippen molar-refractivity contribution in [3.63, 3.8) is 0 Å². The maximum atomic E-state index is 13.3. The highest BCUT2D eigenvalue weighted by Crippen LogP contribution is 2.35. The van der Waals surface area contributed by atoms with Crippen molar-refractivity contribution in [3.8, 4) is 5.88 Å². The highest BCUT2D eigenvalue weighted by Gasteiger charge is 2.27. The third kappa shape index (κ3) is 3.64. The summed E-state index contributed by atoms with van der Waals surface area (Å²) in [6, 6.07) is 9.39. The minimum atomic E-state index is -3.66. The molecule has 0 saturated carbocycles. The Balaban J connectivity index is 1.62. The van der Waals surface area contributed by atoms with Gasteiger partial charge in [0.15, 0.2) is 5.69 Å². The molecule has 150 valence electrons. The molecule has 0 unspecified atom stereocenters. The number of aromatic amines is 1. The van der Waals surface area contributed by atoms with Gasteiger partial charge in [-0.05, 0) is 49.2 Å². The third-order valence-corrected chi connectivity index (χ3v) is 6.63. The van der Waals surface area contributed by atoms with Crippen LogP contribution < -0.4 is 0 Å². The van der Waals surface area contributed by atoms with Crippen molar-refractivity contribution in [2.75, 3.05) is 13.1 Å². The Morgan fingerprint density at radius 2 is 1.90 bits per heavy atom. The van der Waals surface area contributed by atoms with Crippen LogP contribution in [0.2, 0.25) is 0 Å². The second-order valence-corrected chi connectivity index (χ2v) is 8.59. The van der Waals surface area contributed by atoms with E-state index < -0.39 is 21.7 Å². The topological polar surface area (TPSA) is 115 Å². The van der Waals surface area contributed by atoms with Crippen LogP contribution in [0.4, 0.5) is 10.1 Å². The number of aromatic nitrogens is 1. The van der Waals surface area contributed by atoms with Gasteiger partial charge in [-0.2, -0.15) is 4.31 Å². The lowest BCUT2D eigenvalue weighted by Crippen LogP contribution is -2.27. The van der Waals surface area contributed by atoms with Gasteiger partial charge in [0.1, 0.15) is 5.82 Å². The zero-order valence-corrected chi connectivity index (χ0v) is 16.0. The van der Waals surface area contributed by atoms with Gasteiger partial charge in [-0.15, -0.1) is 10.2 Å². The number of hydrogen-bond acceptors (Lipinski definition) is 5. The van der Waals surface area contributed by atoms with E-state index in [-0.39, 0.29) is 22.0 Å². The van der Waals surface area contributed by atoms with E-state index in [1.807, 2.05) is 0 Å². The summed E-state index contributed by atoms with van der Waals surface area (Å²) in [7, 11) is -3.66. The fraction of sp³-hybridized carbons (Fsp3) is 0.211. The van der Waals surface area contributed by atoms with Gasteiger partial charge in [0.25, 0.3) is 5.91 Å². The van der Waals surface area contributed by atoms with Gasteiger partial charge < -0.3 is 10.1 Å². The molecule has 1 amide bonds. The van der Waals surface area contributed by atoms with Gasteiger partial charge in [-0.25, -0.2) is 12.8 Å². The second kappa shape index (κ2) is 7.37. The molecule has 2 N–H and O–H groups in total. The zero-order chi connectivity index (χ0) is 20.6. The molecule has 1 fully saturated rings. The molecule has 4 rings (SSSR count). The first kappa shape index (κ1) is 19.2. The van der Waals surface area contributed by atoms with Gasteiger partial charge in [-0.3, -0.25) is 4.79 Å². The second-order valence-electron chi connectivity index (χ2n) is 6.66. The van der Waals surface area contributed by atoms with Crippen LogP contribution in [-0.4, -0.2) is 41.8 Å². The van der Waals surface area contributed by atoms with Crippen molar-refractivity contribution >= 4 is 32.5 Å². The number of sulfonamides is 1. The Labute approximate surface area is 165 Å². The molecule has 2 heterocycles. The largest absolute Gasteiger partial charge is 0.493 e. The highest BCUT2D eigenvalue weighted by molar-refractivity contribution is 7.89. The van der Waals surface area contributed by atoms with Crippen LogP contribution >= 0.6 is 0 Å². The fourth-order valence-corrected chi connectivity index (χ4v) is 4.83. The lowest BCUT2D eigenvalue weighted by atomic mass is 10.2. The number of aromatic hydroxyl groups is 1. The van der Waals surface area contributed by atoms with Crippen LogP contribution in [0.1, 0.15) is 23.2 Å². The maximum absolute atomic E-state index is 13.3. The van der Waals surface area contributed by atoms with Crippen LogP contribution in [0.15, 0.2) is 57.6 Å². The summed E-state index contributed by atoms with van der Waals surface area (Å²) in [6.07, 6.45) is 1.62. The molecular weight excluding hydrogens is 399 g/mol. The molecule has 0 atom stereocenters. The van der Waals surface area contributed by atoms with Crippen molar-refractivity contribution < 1.29 is 22.7 Å². The molecule has 1 aliphatic heterocycles. The molecule has 1 aromatic heterocycles. The van der Waals surface area contributed by atoms with E-state index in [1.165, 1.54) is 46.8 Å². The summed E-state index contributed by atoms with van der Waals surface area (Å²) in [5.41, 5.74) is 0.358. The Hall–Kier alpha value is -3.11. The first-order valence-corrected chi connectivity index (χ1v) is 10.4. The fourth-order valence-electron chi connectivity index (χ4n) is 3.26. The van der Waals surface area contributed by atoms with Crippen LogP contribution in [0.3, 0.4) is 0 Å². The quantitative estimate of drug-likeness (QED) is 0.631. The van der Waals surface area contributed by atoms with Gasteiger partial charge in [0.2, 0.25) is 15.9 Å². The van der Waals surface area contributed by atoms with Gasteiger partial charge in [0.05, 0.1) is 10.4 Å². The van der Waals surface area contributed by atoms with Crippen molar-refractivity contribution in [3.05, 3.63) is 53.8 Å². The first-order chi connectivity index (χ1) is 13.9. The molecule has 0 spiro atoms. The molecule has 0 bridgehead atoms. The average molecular weight is 416 g/mol. The Bertz CT molecular complexity index is 1230. The first-order valence-electron chi connectivity index (χ1n) is 8.93. The standard InChI is InChI=1S/C19H17FN4O4S/c20-13-6-7-15-16(11-13)21-19(26)17(15)22-23-18(25)12-4-3-5-14(10-12)29(27,28)24-8-1-2-9-24/h3-7,10-11,21,26H,1-2,8-9H2. The Morgan fingerprint density at radius 3 is 2.66 bits per heavy atom. The molecule has 0 radical (unpaired) electrons. The van der Waals surface area contributed by atoms with Gasteiger partial charge >= 0.3 is 0 Å². The SMILES string of the molecule is O=C(N=Nc1c(O)[nH]c2cc(F)ccc12)c1cccc(S(=O)(=O)N2CCCC2)c1. The average Bonchev–Trinajstić information content (AvgIpc) is 3.34. The number of azo groups is 1. The van der Waals surface area contributed by atoms with E-state index in [4.69, 9.17) is 0 Å². The molecule has 3 aromatic rings. The molecule has 1 aliphatic rings. The summed E-state index contributed by atoms with van der Waals surface area (Å²) in [5, 5.41) is 17.7. The molecule has 0 aliphatic carbocycles. The number of halogens is 1. The summed E-state index contributed by atoms with van der Waals surface area (Å²) < 4.78 is 40.0. The lowest BCUT2D eigenvalue weighted by Gasteiger charge is -2.15. The van der Waals surface area contributed by atoms with Gasteiger partial charge in [0, 0.05) is 24.0 Å². The number of rotatable bonds is 4. The highest BCUT2D eigenvalue weighted by atomic mass is 32.2. The number of carbonyl (C=O) groups is 1. The van der Waals surface area contributed by atoms with Crippen LogP contribution in [0.25, 0.3) is 10.9 Å². The molecule has 1 saturated heterocycles. The molecular formula is C19H17FN4O4S. The zero-order valence-electron chi connectivity index (χ0n) is 15.2. The number of carbonyl (C=O) groups excluding carboxylic acids is 1. The van der Waals surface area contributed by atoms with Gasteiger partial charge in [-0.1, -0.05) is 6.07 Å². The van der Waals surface area contributed by atoms with E-state index in [9.17, 15) is 22.7 Å². The van der Waals surface area contributed by atoms with E-state index in [1.54, 1.807) is 0 Å². The van der Waals surface area contributed by atoms with Crippen LogP contribution in [0.5, 0.6) is 5.88 Å². The third-order valence-electron chi connectivity index (χ3n) is 4.74. The summed E-state index contributed by atoms with van der Waals surface area (Å²) in [6.45, 7) is 0.918. The minimum Gasteiger partial charge on any atom is -0.493 e. The molecule has 2 aromatic carbocycles. The number of hydrogen-bond donors (Lipinski definition) is 2. The molecule has 10 heteroatoms. The van der Waals surface area contributed by atoms with E-state index in [0.717, 1.165) is 12.8 Å². The van der Waals surface area contributed by atoms with Crippen LogP contribution in [0, 0.1) is 5.82 Å². The van der Waals surface area contributed by atoms with Crippen molar-refractivity contribution in [1.29, 1.82) is 0 Å². The number of benzene rings is 2. The number of nitrogens with zero attached hydrogens (tertiary/aromatic N) is 3. The van der Waals surface area contributed by atoms with Crippen molar-refractivity contribution in [1.82, 2.24) is 9.29 Å². The molecule has 8 nitrogen and oxygen atoms in total. The summed E-state index contributed by atoms with van der Waals surface area (Å²) in [5.74, 6) is -1.61. The summed E-state index contributed by atoms with van der Waals surface area (Å²) in [4.78, 5) is 15.0. The summed E-state index contributed by atoms with van der Waals surface area (Å²) >= 11 is 0. The van der Waals surface area contributed by atoms with E-state index in [0.29, 0.717) is 24.0 Å². The minimum absolute atomic E-state index is 0.00538. The van der Waals surface area contributed by atoms with E-state index in [2.05, 4.69) is 15.2 Å². The number of amides is 1. The number of nitrogens with one attached hydrogen (secondary N) is 1. The predicted molar refractivity (Wildman–Crippen MR) is 103 cm³/mol. The smallest absolute Gasteiger partial charge is 0.295 e.